The number of anilines is 1. The van der Waals surface area contributed by atoms with Crippen LogP contribution in [0.25, 0.3) is 11.0 Å². The van der Waals surface area contributed by atoms with Gasteiger partial charge < -0.3 is 14.3 Å². The summed E-state index contributed by atoms with van der Waals surface area (Å²) in [5, 5.41) is 0.319. The minimum atomic E-state index is -2.81. The average molecular weight is 464 g/mol. The smallest absolute Gasteiger partial charge is 0.305 e. The topological polar surface area (TPSA) is 115 Å². The molecule has 32 heavy (non-hydrogen) atoms. The number of pyridine rings is 1. The third-order valence-corrected chi connectivity index (χ3v) is 5.59. The minimum absolute atomic E-state index is 0.0346. The lowest BCUT2D eigenvalue weighted by Gasteiger charge is -2.26. The number of hydrogen-bond donors (Lipinski definition) is 1. The zero-order valence-electron chi connectivity index (χ0n) is 17.3. The van der Waals surface area contributed by atoms with E-state index >= 15 is 4.39 Å². The van der Waals surface area contributed by atoms with Crippen molar-refractivity contribution in [3.05, 3.63) is 58.9 Å². The van der Waals surface area contributed by atoms with Gasteiger partial charge in [0.15, 0.2) is 5.82 Å². The molecule has 0 aliphatic heterocycles. The van der Waals surface area contributed by atoms with Crippen LogP contribution in [0.4, 0.5) is 14.5 Å². The molecule has 0 radical (unpaired) electrons. The van der Waals surface area contributed by atoms with Gasteiger partial charge in [-0.2, -0.15) is 0 Å². The Morgan fingerprint density at radius 2 is 2.06 bits per heavy atom. The number of methoxy groups -OCH3 is 1. The molecule has 1 N–H and O–H groups in total. The first-order chi connectivity index (χ1) is 15.3. The maximum Gasteiger partial charge on any atom is 0.305 e. The zero-order valence-corrected chi connectivity index (χ0v) is 18.1. The lowest BCUT2D eigenvalue weighted by atomic mass is 10.0. The van der Waals surface area contributed by atoms with Crippen molar-refractivity contribution in [2.75, 3.05) is 18.0 Å². The summed E-state index contributed by atoms with van der Waals surface area (Å²) in [4.78, 5) is 31.5. The third-order valence-electron chi connectivity index (χ3n) is 4.85. The highest BCUT2D eigenvalue weighted by molar-refractivity contribution is 7.80. The van der Waals surface area contributed by atoms with E-state index in [0.29, 0.717) is 29.4 Å². The van der Waals surface area contributed by atoms with Crippen LogP contribution in [-0.4, -0.2) is 44.1 Å². The second-order valence-corrected chi connectivity index (χ2v) is 7.80. The van der Waals surface area contributed by atoms with E-state index in [4.69, 9.17) is 0 Å². The number of ether oxygens (including phenoxy) is 1. The molecule has 0 fully saturated rings. The highest BCUT2D eigenvalue weighted by Gasteiger charge is 2.26. The average Bonchev–Trinajstić information content (AvgIpc) is 3.19. The van der Waals surface area contributed by atoms with E-state index in [-0.39, 0.29) is 18.5 Å². The summed E-state index contributed by atoms with van der Waals surface area (Å²) in [6.07, 6.45) is 3.59. The summed E-state index contributed by atoms with van der Waals surface area (Å²) in [5.74, 6) is -3.76. The first kappa shape index (κ1) is 23.5. The number of aromatic nitrogens is 2. The third kappa shape index (κ3) is 4.68. The number of carbonyl (C=O) groups is 2. The predicted octanol–water partition coefficient (Wildman–Crippen LogP) is 3.19. The van der Waals surface area contributed by atoms with Crippen LogP contribution in [0.15, 0.2) is 30.6 Å². The number of hydrogen-bond acceptors (Lipinski definition) is 6. The van der Waals surface area contributed by atoms with E-state index in [1.54, 1.807) is 13.0 Å². The molecule has 3 aromatic rings. The number of rotatable bonds is 9. The van der Waals surface area contributed by atoms with Crippen LogP contribution in [0.3, 0.4) is 0 Å². The van der Waals surface area contributed by atoms with Crippen LogP contribution in [0.2, 0.25) is 0 Å². The summed E-state index contributed by atoms with van der Waals surface area (Å²) in [6.45, 7) is 1.66. The Morgan fingerprint density at radius 1 is 1.31 bits per heavy atom. The molecule has 1 unspecified atom stereocenters. The van der Waals surface area contributed by atoms with Crippen LogP contribution in [0.1, 0.15) is 41.3 Å². The van der Waals surface area contributed by atoms with Gasteiger partial charge in [0.05, 0.1) is 18.4 Å². The molecule has 1 aromatic carbocycles. The second kappa shape index (κ2) is 9.96. The largest absolute Gasteiger partial charge is 0.755 e. The Labute approximate surface area is 185 Å². The fourth-order valence-electron chi connectivity index (χ4n) is 3.27. The number of aryl methyl sites for hydroxylation is 1. The van der Waals surface area contributed by atoms with Gasteiger partial charge in [-0.15, -0.1) is 0 Å². The van der Waals surface area contributed by atoms with E-state index < -0.39 is 45.9 Å². The first-order valence-electron chi connectivity index (χ1n) is 9.70. The monoisotopic (exact) mass is 464 g/mol. The number of carbonyl (C=O) groups excluding carboxylic acids is 2. The van der Waals surface area contributed by atoms with Crippen LogP contribution in [0, 0.1) is 11.6 Å². The van der Waals surface area contributed by atoms with Crippen molar-refractivity contribution in [3.8, 4) is 0 Å². The van der Waals surface area contributed by atoms with Gasteiger partial charge in [-0.05, 0) is 36.6 Å². The van der Waals surface area contributed by atoms with Crippen molar-refractivity contribution in [3.63, 3.8) is 0 Å². The Bertz CT molecular complexity index is 1200. The van der Waals surface area contributed by atoms with Crippen molar-refractivity contribution in [2.45, 2.75) is 26.2 Å². The number of halogens is 2. The van der Waals surface area contributed by atoms with Crippen molar-refractivity contribution in [1.29, 1.82) is 0 Å². The maximum absolute atomic E-state index is 15.2. The predicted molar refractivity (Wildman–Crippen MR) is 113 cm³/mol. The van der Waals surface area contributed by atoms with E-state index in [1.807, 2.05) is 0 Å². The standard InChI is InChI=1S/C21H21F2N3O5S/c1-3-8-26(32(29)30)16-6-5-15(22)18(19(16)23)20(28)14-11-25-21-13(14)9-12(10-24-21)4-7-17(27)31-2/h5-6,9-11H,3-4,7-8H2,1-2H3,(H,24,25)(H,29,30)/p-1. The van der Waals surface area contributed by atoms with E-state index in [1.165, 1.54) is 19.5 Å². The number of nitrogens with zero attached hydrogens (tertiary/aromatic N) is 2. The van der Waals surface area contributed by atoms with Gasteiger partial charge in [-0.3, -0.25) is 18.1 Å². The lowest BCUT2D eigenvalue weighted by Crippen LogP contribution is -2.28. The molecular weight excluding hydrogens is 444 g/mol. The molecule has 0 aliphatic rings. The van der Waals surface area contributed by atoms with Gasteiger partial charge in [0.1, 0.15) is 11.5 Å². The minimum Gasteiger partial charge on any atom is -0.755 e. The molecule has 3 rings (SSSR count). The summed E-state index contributed by atoms with van der Waals surface area (Å²) in [7, 11) is 1.27. The Morgan fingerprint density at radius 3 is 2.72 bits per heavy atom. The molecule has 0 saturated carbocycles. The molecule has 1 atom stereocenters. The van der Waals surface area contributed by atoms with Crippen molar-refractivity contribution in [1.82, 2.24) is 9.97 Å². The normalized spacial score (nSPS) is 12.0. The number of nitrogens with one attached hydrogen (secondary N) is 1. The molecule has 0 amide bonds. The number of H-pyrrole nitrogens is 1. The molecular formula is C21H20F2N3O5S-. The van der Waals surface area contributed by atoms with Crippen molar-refractivity contribution < 1.29 is 31.9 Å². The van der Waals surface area contributed by atoms with Crippen molar-refractivity contribution in [2.24, 2.45) is 0 Å². The number of benzene rings is 1. The molecule has 2 aromatic heterocycles. The lowest BCUT2D eigenvalue weighted by molar-refractivity contribution is -0.140. The molecule has 0 aliphatic carbocycles. The SMILES string of the molecule is CCCN(c1ccc(F)c(C(=O)c2c[nH]c3ncc(CCC(=O)OC)cc23)c1F)S(=O)[O-]. The van der Waals surface area contributed by atoms with Crippen LogP contribution >= 0.6 is 0 Å². The van der Waals surface area contributed by atoms with Gasteiger partial charge >= 0.3 is 5.97 Å². The first-order valence-corrected chi connectivity index (χ1v) is 10.7. The van der Waals surface area contributed by atoms with Crippen molar-refractivity contribution >= 4 is 39.7 Å². The van der Waals surface area contributed by atoms with Gasteiger partial charge in [0, 0.05) is 47.6 Å². The van der Waals surface area contributed by atoms with E-state index in [9.17, 15) is 22.7 Å². The number of aromatic amines is 1. The van der Waals surface area contributed by atoms with Gasteiger partial charge in [0.25, 0.3) is 0 Å². The fraction of sp³-hybridized carbons (Fsp3) is 0.286. The quantitative estimate of drug-likeness (QED) is 0.295. The molecule has 8 nitrogen and oxygen atoms in total. The highest BCUT2D eigenvalue weighted by Crippen LogP contribution is 2.29. The van der Waals surface area contributed by atoms with Crippen LogP contribution < -0.4 is 4.31 Å². The highest BCUT2D eigenvalue weighted by atomic mass is 32.2. The molecule has 11 heteroatoms. The van der Waals surface area contributed by atoms with Crippen LogP contribution in [-0.2, 0) is 27.2 Å². The Balaban J connectivity index is 2.04. The fourth-order valence-corrected chi connectivity index (χ4v) is 3.91. The molecule has 0 spiro atoms. The summed E-state index contributed by atoms with van der Waals surface area (Å²) >= 11 is -2.81. The van der Waals surface area contributed by atoms with Gasteiger partial charge in [-0.25, -0.2) is 13.8 Å². The number of ketones is 1. The van der Waals surface area contributed by atoms with E-state index in [2.05, 4.69) is 14.7 Å². The molecule has 0 saturated heterocycles. The second-order valence-electron chi connectivity index (χ2n) is 6.92. The Kier molecular flexibility index (Phi) is 7.31. The Hall–Kier alpha value is -3.18. The zero-order chi connectivity index (χ0) is 23.4. The van der Waals surface area contributed by atoms with E-state index in [0.717, 1.165) is 16.4 Å². The molecule has 2 heterocycles. The maximum atomic E-state index is 15.2. The summed E-state index contributed by atoms with van der Waals surface area (Å²) in [5.41, 5.74) is -0.369. The summed E-state index contributed by atoms with van der Waals surface area (Å²) < 4.78 is 58.1. The van der Waals surface area contributed by atoms with Gasteiger partial charge in [-0.1, -0.05) is 6.92 Å². The molecule has 170 valence electrons. The molecule has 0 bridgehead atoms. The van der Waals surface area contributed by atoms with Gasteiger partial charge in [0.2, 0.25) is 5.78 Å². The summed E-state index contributed by atoms with van der Waals surface area (Å²) in [6, 6.07) is 3.44. The number of esters is 1. The van der Waals surface area contributed by atoms with Crippen LogP contribution in [0.5, 0.6) is 0 Å². The number of fused-ring (bicyclic) bond motifs is 1.